The summed E-state index contributed by atoms with van der Waals surface area (Å²) in [6.07, 6.45) is 13.8. The normalized spacial score (nSPS) is 12.7. The smallest absolute Gasteiger partial charge is 0.175 e. The van der Waals surface area contributed by atoms with Crippen molar-refractivity contribution in [3.05, 3.63) is 29.8 Å². The average molecular weight is 424 g/mol. The maximum absolute atomic E-state index is 11.9. The van der Waals surface area contributed by atoms with Gasteiger partial charge in [0.2, 0.25) is 0 Å². The number of rotatable bonds is 16. The maximum Gasteiger partial charge on any atom is 0.175 e. The van der Waals surface area contributed by atoms with Crippen LogP contribution in [0.2, 0.25) is 25.7 Å². The Morgan fingerprint density at radius 1 is 0.857 bits per heavy atom. The Kier molecular flexibility index (Phi) is 12.6. The van der Waals surface area contributed by atoms with Crippen LogP contribution < -0.4 is 5.32 Å². The number of carbonyl (C=O) groups is 1. The minimum absolute atomic E-state index is 0.0524. The second kappa shape index (κ2) is 14.1. The van der Waals surface area contributed by atoms with Gasteiger partial charge >= 0.3 is 0 Å². The SMILES string of the molecule is CS(=O)CC(=O)c1ccc(NCCCCCCCCCCC[Si](C)(C)C)cc1. The molecule has 0 aliphatic carbocycles. The Labute approximate surface area is 176 Å². The number of carbonyl (C=O) groups excluding carboxylic acids is 1. The van der Waals surface area contributed by atoms with Gasteiger partial charge in [0.15, 0.2) is 5.78 Å². The van der Waals surface area contributed by atoms with Gasteiger partial charge in [0.05, 0.1) is 5.75 Å². The van der Waals surface area contributed by atoms with E-state index in [-0.39, 0.29) is 11.5 Å². The second-order valence-corrected chi connectivity index (χ2v) is 16.2. The van der Waals surface area contributed by atoms with Crippen molar-refractivity contribution in [3.63, 3.8) is 0 Å². The van der Waals surface area contributed by atoms with Crippen LogP contribution in [0, 0.1) is 0 Å². The molecule has 1 rings (SSSR count). The minimum Gasteiger partial charge on any atom is -0.385 e. The van der Waals surface area contributed by atoms with Gasteiger partial charge in [-0.15, -0.1) is 0 Å². The summed E-state index contributed by atoms with van der Waals surface area (Å²) in [5.41, 5.74) is 1.69. The number of hydrogen-bond donors (Lipinski definition) is 1. The quantitative estimate of drug-likeness (QED) is 0.187. The summed E-state index contributed by atoms with van der Waals surface area (Å²) in [5.74, 6) is 0.0501. The summed E-state index contributed by atoms with van der Waals surface area (Å²) in [6, 6.07) is 9.00. The third-order valence-electron chi connectivity index (χ3n) is 4.97. The molecule has 1 atom stereocenters. The van der Waals surface area contributed by atoms with Crippen LogP contribution in [0.4, 0.5) is 5.69 Å². The van der Waals surface area contributed by atoms with E-state index in [1.54, 1.807) is 6.26 Å². The van der Waals surface area contributed by atoms with Gasteiger partial charge in [0.25, 0.3) is 0 Å². The molecule has 5 heteroatoms. The fourth-order valence-electron chi connectivity index (χ4n) is 3.29. The molecule has 1 unspecified atom stereocenters. The topological polar surface area (TPSA) is 46.2 Å². The Hall–Kier alpha value is -0.943. The third kappa shape index (κ3) is 13.3. The predicted molar refractivity (Wildman–Crippen MR) is 128 cm³/mol. The molecule has 0 spiro atoms. The summed E-state index contributed by atoms with van der Waals surface area (Å²) in [6.45, 7) is 8.38. The lowest BCUT2D eigenvalue weighted by Crippen LogP contribution is -2.18. The van der Waals surface area contributed by atoms with E-state index in [9.17, 15) is 9.00 Å². The Balaban J connectivity index is 1.99. The Morgan fingerprint density at radius 2 is 1.36 bits per heavy atom. The zero-order chi connectivity index (χ0) is 20.8. The zero-order valence-electron chi connectivity index (χ0n) is 18.5. The fraction of sp³-hybridized carbons (Fsp3) is 0.696. The van der Waals surface area contributed by atoms with E-state index in [4.69, 9.17) is 0 Å². The van der Waals surface area contributed by atoms with Gasteiger partial charge < -0.3 is 5.32 Å². The van der Waals surface area contributed by atoms with Crippen LogP contribution in [-0.2, 0) is 10.8 Å². The van der Waals surface area contributed by atoms with Crippen molar-refractivity contribution in [2.45, 2.75) is 83.5 Å². The molecule has 1 N–H and O–H groups in total. The first kappa shape index (κ1) is 25.1. The van der Waals surface area contributed by atoms with Crippen LogP contribution >= 0.6 is 0 Å². The van der Waals surface area contributed by atoms with Crippen molar-refractivity contribution < 1.29 is 9.00 Å². The molecular weight excluding hydrogens is 382 g/mol. The molecule has 0 amide bonds. The number of ketones is 1. The van der Waals surface area contributed by atoms with E-state index in [1.165, 1.54) is 63.8 Å². The molecule has 0 saturated heterocycles. The minimum atomic E-state index is -1.08. The van der Waals surface area contributed by atoms with E-state index in [0.717, 1.165) is 12.2 Å². The zero-order valence-corrected chi connectivity index (χ0v) is 20.3. The fourth-order valence-corrected chi connectivity index (χ4v) is 5.14. The molecular formula is C23H41NO2SSi. The van der Waals surface area contributed by atoms with Crippen molar-refractivity contribution in [2.75, 3.05) is 23.9 Å². The van der Waals surface area contributed by atoms with Crippen LogP contribution in [-0.4, -0.2) is 36.6 Å². The van der Waals surface area contributed by atoms with Gasteiger partial charge in [0.1, 0.15) is 0 Å². The van der Waals surface area contributed by atoms with Gasteiger partial charge in [-0.25, -0.2) is 0 Å². The first-order valence-corrected chi connectivity index (χ1v) is 16.4. The summed E-state index contributed by atoms with van der Waals surface area (Å²) in [7, 11) is -1.90. The number of hydrogen-bond acceptors (Lipinski definition) is 3. The molecule has 160 valence electrons. The monoisotopic (exact) mass is 423 g/mol. The van der Waals surface area contributed by atoms with E-state index in [1.807, 2.05) is 24.3 Å². The number of nitrogens with one attached hydrogen (secondary N) is 1. The lowest BCUT2D eigenvalue weighted by molar-refractivity contribution is 0.102. The highest BCUT2D eigenvalue weighted by Crippen LogP contribution is 2.16. The Bertz CT molecular complexity index is 581. The van der Waals surface area contributed by atoms with Gasteiger partial charge in [-0.2, -0.15) is 0 Å². The third-order valence-corrected chi connectivity index (χ3v) is 7.50. The molecule has 0 aliphatic heterocycles. The summed E-state index contributed by atoms with van der Waals surface area (Å²) >= 11 is 0. The first-order chi connectivity index (χ1) is 13.3. The van der Waals surface area contributed by atoms with E-state index < -0.39 is 18.9 Å². The summed E-state index contributed by atoms with van der Waals surface area (Å²) < 4.78 is 11.1. The van der Waals surface area contributed by atoms with E-state index in [0.29, 0.717) is 5.56 Å². The van der Waals surface area contributed by atoms with Crippen molar-refractivity contribution in [2.24, 2.45) is 0 Å². The molecule has 0 aromatic heterocycles. The van der Waals surface area contributed by atoms with Crippen molar-refractivity contribution in [3.8, 4) is 0 Å². The van der Waals surface area contributed by atoms with Gasteiger partial charge in [-0.05, 0) is 30.7 Å². The predicted octanol–water partition coefficient (Wildman–Crippen LogP) is 6.51. The van der Waals surface area contributed by atoms with Gasteiger partial charge in [-0.3, -0.25) is 9.00 Å². The van der Waals surface area contributed by atoms with Gasteiger partial charge in [-0.1, -0.05) is 77.1 Å². The van der Waals surface area contributed by atoms with Crippen molar-refractivity contribution in [1.29, 1.82) is 0 Å². The first-order valence-electron chi connectivity index (χ1n) is 10.9. The molecule has 0 fully saturated rings. The summed E-state index contributed by atoms with van der Waals surface area (Å²) in [5, 5.41) is 3.42. The van der Waals surface area contributed by atoms with Crippen LogP contribution in [0.1, 0.15) is 68.1 Å². The molecule has 0 heterocycles. The van der Waals surface area contributed by atoms with Crippen molar-refractivity contribution in [1.82, 2.24) is 0 Å². The largest absolute Gasteiger partial charge is 0.385 e. The standard InChI is InChI=1S/C23H41NO2SSi/c1-27(26)20-23(25)21-14-16-22(17-15-21)24-18-12-10-8-6-5-7-9-11-13-19-28(2,3)4/h14-17,24H,5-13,18-20H2,1-4H3. The Morgan fingerprint density at radius 3 is 1.86 bits per heavy atom. The molecule has 0 saturated carbocycles. The van der Waals surface area contributed by atoms with Crippen LogP contribution in [0.15, 0.2) is 24.3 Å². The van der Waals surface area contributed by atoms with Crippen LogP contribution in [0.3, 0.4) is 0 Å². The molecule has 1 aromatic carbocycles. The highest BCUT2D eigenvalue weighted by molar-refractivity contribution is 7.85. The lowest BCUT2D eigenvalue weighted by atomic mass is 10.1. The molecule has 0 bridgehead atoms. The molecule has 0 radical (unpaired) electrons. The van der Waals surface area contributed by atoms with E-state index >= 15 is 0 Å². The van der Waals surface area contributed by atoms with Crippen LogP contribution in [0.5, 0.6) is 0 Å². The van der Waals surface area contributed by atoms with Crippen LogP contribution in [0.25, 0.3) is 0 Å². The number of unbranched alkanes of at least 4 members (excludes halogenated alkanes) is 8. The molecule has 28 heavy (non-hydrogen) atoms. The summed E-state index contributed by atoms with van der Waals surface area (Å²) in [4.78, 5) is 11.9. The highest BCUT2D eigenvalue weighted by Gasteiger charge is 2.11. The highest BCUT2D eigenvalue weighted by atomic mass is 32.2. The van der Waals surface area contributed by atoms with Crippen molar-refractivity contribution >= 4 is 30.3 Å². The molecule has 3 nitrogen and oxygen atoms in total. The second-order valence-electron chi connectivity index (χ2n) is 9.14. The van der Waals surface area contributed by atoms with Gasteiger partial charge in [0, 0.05) is 42.9 Å². The molecule has 0 aliphatic rings. The average Bonchev–Trinajstić information content (AvgIpc) is 2.61. The lowest BCUT2D eigenvalue weighted by Gasteiger charge is -2.14. The van der Waals surface area contributed by atoms with E-state index in [2.05, 4.69) is 25.0 Å². The molecule has 1 aromatic rings. The number of anilines is 1. The number of Topliss-reactive ketones (excluding diaryl/α,β-unsaturated/α-hetero) is 1. The maximum atomic E-state index is 11.9. The number of benzene rings is 1.